The maximum Gasteiger partial charge on any atom is 0.302 e. The van der Waals surface area contributed by atoms with Crippen molar-refractivity contribution >= 4 is 39.1 Å². The maximum atomic E-state index is 13.6. The molecule has 1 aromatic carbocycles. The highest BCUT2D eigenvalue weighted by Crippen LogP contribution is 2.54. The molecule has 13 heteroatoms. The number of hydrogen-bond donors (Lipinski definition) is 3. The van der Waals surface area contributed by atoms with Gasteiger partial charge in [-0.3, -0.25) is 9.52 Å². The number of aliphatic hydroxyl groups excluding tert-OH is 1. The van der Waals surface area contributed by atoms with Crippen molar-refractivity contribution in [3.63, 3.8) is 0 Å². The van der Waals surface area contributed by atoms with Crippen molar-refractivity contribution in [2.45, 2.75) is 51.4 Å². The number of anilines is 4. The molecule has 3 fully saturated rings. The van der Waals surface area contributed by atoms with E-state index in [1.807, 2.05) is 5.25 Å². The zero-order valence-corrected chi connectivity index (χ0v) is 23.0. The largest absolute Gasteiger partial charge is 0.384 e. The SMILES string of the molecule is Cc1cc(NC(=O)c2ccc(NS(=O)(=O)C#CCO)cc2N2CCC3(CC2)CC3)nc(N2CCC(F)(F)CC2)n1. The first-order valence-corrected chi connectivity index (χ1v) is 14.8. The molecule has 0 radical (unpaired) electrons. The third kappa shape index (κ3) is 6.62. The summed E-state index contributed by atoms with van der Waals surface area (Å²) in [5.74, 6) is -0.488. The van der Waals surface area contributed by atoms with E-state index in [0.717, 1.165) is 25.9 Å². The van der Waals surface area contributed by atoms with Gasteiger partial charge in [0.05, 0.1) is 22.2 Å². The quantitative estimate of drug-likeness (QED) is 0.449. The molecule has 1 amide bonds. The highest BCUT2D eigenvalue weighted by atomic mass is 32.2. The molecule has 40 heavy (non-hydrogen) atoms. The zero-order valence-electron chi connectivity index (χ0n) is 22.2. The summed E-state index contributed by atoms with van der Waals surface area (Å²) in [4.78, 5) is 26.1. The second-order valence-corrected chi connectivity index (χ2v) is 12.2. The van der Waals surface area contributed by atoms with Gasteiger partial charge in [0.25, 0.3) is 11.8 Å². The molecule has 1 spiro atoms. The third-order valence-electron chi connectivity index (χ3n) is 7.76. The van der Waals surface area contributed by atoms with Gasteiger partial charge in [-0.1, -0.05) is 5.92 Å². The van der Waals surface area contributed by atoms with Gasteiger partial charge in [0.1, 0.15) is 12.4 Å². The molecule has 1 aliphatic carbocycles. The summed E-state index contributed by atoms with van der Waals surface area (Å²) in [6.07, 6.45) is 3.84. The minimum Gasteiger partial charge on any atom is -0.384 e. The normalized spacial score (nSPS) is 19.5. The molecule has 3 heterocycles. The Balaban J connectivity index is 1.39. The van der Waals surface area contributed by atoms with Gasteiger partial charge >= 0.3 is 10.0 Å². The van der Waals surface area contributed by atoms with Gasteiger partial charge in [-0.2, -0.15) is 13.4 Å². The van der Waals surface area contributed by atoms with E-state index in [0.29, 0.717) is 22.4 Å². The maximum absolute atomic E-state index is 13.6. The Morgan fingerprint density at radius 1 is 1.02 bits per heavy atom. The van der Waals surface area contributed by atoms with E-state index in [2.05, 4.69) is 30.8 Å². The van der Waals surface area contributed by atoms with E-state index in [9.17, 15) is 22.0 Å². The molecule has 2 aromatic rings. The van der Waals surface area contributed by atoms with E-state index in [-0.39, 0.29) is 43.4 Å². The number of benzene rings is 1. The van der Waals surface area contributed by atoms with Crippen LogP contribution in [0.2, 0.25) is 0 Å². The van der Waals surface area contributed by atoms with Crippen LogP contribution in [0.4, 0.5) is 31.9 Å². The summed E-state index contributed by atoms with van der Waals surface area (Å²) in [5, 5.41) is 13.7. The number of carbonyl (C=O) groups is 1. The average Bonchev–Trinajstić information content (AvgIpc) is 3.65. The molecule has 2 saturated heterocycles. The van der Waals surface area contributed by atoms with Gasteiger partial charge in [-0.05, 0) is 56.2 Å². The Morgan fingerprint density at radius 3 is 2.35 bits per heavy atom. The number of amides is 1. The number of aliphatic hydroxyl groups is 1. The van der Waals surface area contributed by atoms with Crippen molar-refractivity contribution < 1.29 is 27.1 Å². The first-order valence-electron chi connectivity index (χ1n) is 13.3. The van der Waals surface area contributed by atoms with Crippen LogP contribution in [0.3, 0.4) is 0 Å². The molecule has 2 aliphatic heterocycles. The van der Waals surface area contributed by atoms with E-state index in [4.69, 9.17) is 5.11 Å². The van der Waals surface area contributed by atoms with Crippen LogP contribution in [0, 0.1) is 23.5 Å². The summed E-state index contributed by atoms with van der Waals surface area (Å²) in [6, 6.07) is 6.25. The number of halogens is 2. The lowest BCUT2D eigenvalue weighted by Gasteiger charge is -2.35. The number of aryl methyl sites for hydroxylation is 1. The first-order chi connectivity index (χ1) is 19.0. The fraction of sp³-hybridized carbons (Fsp3) is 0.519. The monoisotopic (exact) mass is 574 g/mol. The van der Waals surface area contributed by atoms with Gasteiger partial charge in [-0.15, -0.1) is 0 Å². The molecule has 10 nitrogen and oxygen atoms in total. The Morgan fingerprint density at radius 2 is 1.70 bits per heavy atom. The standard InChI is InChI=1S/C27H32F2N6O4S/c1-19-17-23(32-25(30-19)35-13-9-27(28,29)10-14-35)31-24(37)21-4-3-20(33-40(38,39)16-2-15-36)18-22(21)34-11-7-26(5-6-26)8-12-34/h3-4,17-18,33,36H,5-15H2,1H3,(H,30,31,32,37). The number of nitrogens with zero attached hydrogens (tertiary/aromatic N) is 4. The molecular formula is C27H32F2N6O4S. The molecule has 5 rings (SSSR count). The second-order valence-electron chi connectivity index (χ2n) is 10.8. The van der Waals surface area contributed by atoms with Crippen molar-refractivity contribution in [1.82, 2.24) is 9.97 Å². The Bertz CT molecular complexity index is 1450. The van der Waals surface area contributed by atoms with Crippen LogP contribution in [0.15, 0.2) is 24.3 Å². The minimum absolute atomic E-state index is 0.116. The fourth-order valence-corrected chi connectivity index (χ4v) is 5.97. The van der Waals surface area contributed by atoms with Crippen LogP contribution < -0.4 is 19.8 Å². The summed E-state index contributed by atoms with van der Waals surface area (Å²) in [7, 11) is -4.02. The van der Waals surface area contributed by atoms with Crippen LogP contribution in [-0.4, -0.2) is 68.1 Å². The van der Waals surface area contributed by atoms with Gasteiger partial charge in [0.2, 0.25) is 5.95 Å². The van der Waals surface area contributed by atoms with Crippen LogP contribution in [-0.2, 0) is 10.0 Å². The number of piperidine rings is 2. The van der Waals surface area contributed by atoms with E-state index in [1.165, 1.54) is 18.9 Å². The number of sulfonamides is 1. The number of aromatic nitrogens is 2. The van der Waals surface area contributed by atoms with E-state index in [1.54, 1.807) is 30.0 Å². The van der Waals surface area contributed by atoms with Crippen molar-refractivity contribution in [2.75, 3.05) is 52.6 Å². The van der Waals surface area contributed by atoms with Crippen molar-refractivity contribution in [2.24, 2.45) is 5.41 Å². The minimum atomic E-state index is -4.02. The van der Waals surface area contributed by atoms with Gasteiger partial charge in [-0.25, -0.2) is 13.8 Å². The van der Waals surface area contributed by atoms with Crippen LogP contribution in [0.5, 0.6) is 0 Å². The van der Waals surface area contributed by atoms with Crippen LogP contribution in [0.1, 0.15) is 54.6 Å². The van der Waals surface area contributed by atoms with E-state index < -0.39 is 28.5 Å². The number of carbonyl (C=O) groups excluding carboxylic acids is 1. The van der Waals surface area contributed by atoms with Gasteiger partial charge < -0.3 is 20.2 Å². The smallest absolute Gasteiger partial charge is 0.302 e. The number of hydrogen-bond acceptors (Lipinski definition) is 8. The molecule has 0 atom stereocenters. The molecule has 3 aliphatic rings. The lowest BCUT2D eigenvalue weighted by atomic mass is 9.93. The fourth-order valence-electron chi connectivity index (χ4n) is 5.23. The number of alkyl halides is 2. The Hall–Kier alpha value is -3.50. The molecule has 1 aromatic heterocycles. The molecule has 1 saturated carbocycles. The van der Waals surface area contributed by atoms with Gasteiger partial charge in [0, 0.05) is 50.8 Å². The summed E-state index contributed by atoms with van der Waals surface area (Å²) < 4.78 is 54.2. The number of rotatable bonds is 6. The molecular weight excluding hydrogens is 542 g/mol. The van der Waals surface area contributed by atoms with Gasteiger partial charge in [0.15, 0.2) is 0 Å². The molecule has 0 bridgehead atoms. The Kier molecular flexibility index (Phi) is 7.58. The van der Waals surface area contributed by atoms with Crippen LogP contribution >= 0.6 is 0 Å². The predicted molar refractivity (Wildman–Crippen MR) is 148 cm³/mol. The lowest BCUT2D eigenvalue weighted by molar-refractivity contribution is -0.0222. The summed E-state index contributed by atoms with van der Waals surface area (Å²) in [6.45, 7) is 2.85. The molecule has 214 valence electrons. The van der Waals surface area contributed by atoms with Crippen molar-refractivity contribution in [1.29, 1.82) is 0 Å². The summed E-state index contributed by atoms with van der Waals surface area (Å²) >= 11 is 0. The third-order valence-corrected chi connectivity index (χ3v) is 8.68. The van der Waals surface area contributed by atoms with E-state index >= 15 is 0 Å². The number of nitrogens with one attached hydrogen (secondary N) is 2. The molecule has 0 unspecified atom stereocenters. The lowest BCUT2D eigenvalue weighted by Crippen LogP contribution is -2.40. The highest BCUT2D eigenvalue weighted by Gasteiger charge is 2.44. The second kappa shape index (κ2) is 10.8. The Labute approximate surface area is 232 Å². The topological polar surface area (TPSA) is 128 Å². The average molecular weight is 575 g/mol. The predicted octanol–water partition coefficient (Wildman–Crippen LogP) is 3.35. The van der Waals surface area contributed by atoms with Crippen molar-refractivity contribution in [3.05, 3.63) is 35.5 Å². The highest BCUT2D eigenvalue weighted by molar-refractivity contribution is 7.97. The van der Waals surface area contributed by atoms with Crippen LogP contribution in [0.25, 0.3) is 0 Å². The molecule has 3 N–H and O–H groups in total. The zero-order chi connectivity index (χ0) is 28.5. The summed E-state index contributed by atoms with van der Waals surface area (Å²) in [5.41, 5.74) is 2.13. The first kappa shape index (κ1) is 28.0. The van der Waals surface area contributed by atoms with Crippen molar-refractivity contribution in [3.8, 4) is 11.2 Å².